The number of benzene rings is 2. The van der Waals surface area contributed by atoms with Crippen LogP contribution in [0.4, 0.5) is 4.39 Å². The second-order valence-electron chi connectivity index (χ2n) is 6.88. The molecule has 0 bridgehead atoms. The summed E-state index contributed by atoms with van der Waals surface area (Å²) in [5.41, 5.74) is 1.09. The Kier molecular flexibility index (Phi) is 5.16. The first-order valence-electron chi connectivity index (χ1n) is 9.24. The molecule has 1 aliphatic rings. The third kappa shape index (κ3) is 3.80. The second-order valence-corrected chi connectivity index (χ2v) is 6.88. The van der Waals surface area contributed by atoms with E-state index in [0.717, 1.165) is 5.56 Å². The number of aromatic amines is 1. The standard InChI is InChI=1S/C21H20FN3O3/c22-15-7-5-14(6-8-15)13-28-16-9-11-25(12-10-16)21(27)19-20(26)17-3-1-2-4-18(17)23-24-19/h1-8,16H,9-13H2,(H,23,26). The van der Waals surface area contributed by atoms with Gasteiger partial charge in [-0.05, 0) is 42.7 Å². The number of nitrogens with one attached hydrogen (secondary N) is 1. The highest BCUT2D eigenvalue weighted by molar-refractivity contribution is 5.95. The van der Waals surface area contributed by atoms with Crippen molar-refractivity contribution >= 4 is 16.8 Å². The van der Waals surface area contributed by atoms with Crippen LogP contribution in [-0.4, -0.2) is 40.2 Å². The van der Waals surface area contributed by atoms with Crippen LogP contribution in [0.1, 0.15) is 28.9 Å². The van der Waals surface area contributed by atoms with Gasteiger partial charge in [-0.3, -0.25) is 14.7 Å². The molecule has 0 radical (unpaired) electrons. The van der Waals surface area contributed by atoms with Gasteiger partial charge in [-0.1, -0.05) is 24.3 Å². The van der Waals surface area contributed by atoms with Gasteiger partial charge >= 0.3 is 0 Å². The number of amides is 1. The zero-order valence-corrected chi connectivity index (χ0v) is 15.2. The van der Waals surface area contributed by atoms with Crippen LogP contribution in [0.25, 0.3) is 10.9 Å². The van der Waals surface area contributed by atoms with E-state index in [2.05, 4.69) is 10.2 Å². The summed E-state index contributed by atoms with van der Waals surface area (Å²) in [5.74, 6) is -0.628. The van der Waals surface area contributed by atoms with Crippen LogP contribution in [0.15, 0.2) is 53.3 Å². The molecule has 6 nitrogen and oxygen atoms in total. The highest BCUT2D eigenvalue weighted by Gasteiger charge is 2.27. The molecule has 1 saturated heterocycles. The largest absolute Gasteiger partial charge is 0.373 e. The van der Waals surface area contributed by atoms with E-state index in [1.54, 1.807) is 41.3 Å². The highest BCUT2D eigenvalue weighted by Crippen LogP contribution is 2.17. The first-order valence-corrected chi connectivity index (χ1v) is 9.24. The summed E-state index contributed by atoms with van der Waals surface area (Å²) in [6, 6.07) is 13.2. The van der Waals surface area contributed by atoms with Crippen LogP contribution in [-0.2, 0) is 11.3 Å². The number of piperidine rings is 1. The normalized spacial score (nSPS) is 15.1. The third-order valence-corrected chi connectivity index (χ3v) is 5.01. The minimum atomic E-state index is -0.357. The Bertz CT molecular complexity index is 1040. The van der Waals surface area contributed by atoms with Crippen molar-refractivity contribution in [1.82, 2.24) is 15.1 Å². The molecule has 0 aliphatic carbocycles. The van der Waals surface area contributed by atoms with Gasteiger partial charge in [0.25, 0.3) is 5.91 Å². The van der Waals surface area contributed by atoms with Gasteiger partial charge in [0.05, 0.1) is 18.2 Å². The number of halogens is 1. The van der Waals surface area contributed by atoms with Crippen molar-refractivity contribution < 1.29 is 13.9 Å². The van der Waals surface area contributed by atoms with Crippen molar-refractivity contribution in [1.29, 1.82) is 0 Å². The predicted octanol–water partition coefficient (Wildman–Crippen LogP) is 2.88. The molecule has 0 atom stereocenters. The molecular formula is C21H20FN3O3. The van der Waals surface area contributed by atoms with Crippen LogP contribution in [0, 0.1) is 5.82 Å². The fourth-order valence-corrected chi connectivity index (χ4v) is 3.39. The number of fused-ring (bicyclic) bond motifs is 1. The SMILES string of the molecule is O=C(c1n[nH]c2ccccc2c1=O)N1CCC(OCc2ccc(F)cc2)CC1. The van der Waals surface area contributed by atoms with Crippen molar-refractivity contribution in [2.75, 3.05) is 13.1 Å². The summed E-state index contributed by atoms with van der Waals surface area (Å²) in [5, 5.41) is 7.23. The Hall–Kier alpha value is -3.06. The number of rotatable bonds is 4. The Morgan fingerprint density at radius 1 is 1.14 bits per heavy atom. The van der Waals surface area contributed by atoms with Crippen molar-refractivity contribution in [2.45, 2.75) is 25.6 Å². The number of hydrogen-bond acceptors (Lipinski definition) is 4. The Labute approximate surface area is 160 Å². The summed E-state index contributed by atoms with van der Waals surface area (Å²) in [4.78, 5) is 27.0. The first kappa shape index (κ1) is 18.3. The molecule has 0 spiro atoms. The number of para-hydroxylation sites is 1. The van der Waals surface area contributed by atoms with Gasteiger partial charge in [-0.15, -0.1) is 0 Å². The number of H-pyrrole nitrogens is 1. The number of carbonyl (C=O) groups excluding carboxylic acids is 1. The quantitative estimate of drug-likeness (QED) is 0.754. The van der Waals surface area contributed by atoms with E-state index >= 15 is 0 Å². The third-order valence-electron chi connectivity index (χ3n) is 5.01. The van der Waals surface area contributed by atoms with Crippen LogP contribution < -0.4 is 5.43 Å². The maximum Gasteiger partial charge on any atom is 0.278 e. The molecule has 0 saturated carbocycles. The minimum absolute atomic E-state index is 0.0250. The lowest BCUT2D eigenvalue weighted by Gasteiger charge is -2.31. The van der Waals surface area contributed by atoms with Gasteiger partial charge in [0.15, 0.2) is 5.69 Å². The molecule has 4 rings (SSSR count). The average Bonchev–Trinajstić information content (AvgIpc) is 2.74. The Balaban J connectivity index is 1.37. The number of ether oxygens (including phenoxy) is 1. The van der Waals surface area contributed by atoms with Crippen LogP contribution in [0.3, 0.4) is 0 Å². The van der Waals surface area contributed by atoms with Crippen LogP contribution in [0.5, 0.6) is 0 Å². The fraction of sp³-hybridized carbons (Fsp3) is 0.286. The molecule has 2 heterocycles. The van der Waals surface area contributed by atoms with Gasteiger partial charge in [0.2, 0.25) is 5.43 Å². The van der Waals surface area contributed by atoms with E-state index < -0.39 is 0 Å². The maximum absolute atomic E-state index is 12.9. The monoisotopic (exact) mass is 381 g/mol. The van der Waals surface area contributed by atoms with E-state index in [-0.39, 0.29) is 29.0 Å². The van der Waals surface area contributed by atoms with Gasteiger partial charge in [0.1, 0.15) is 5.82 Å². The predicted molar refractivity (Wildman–Crippen MR) is 102 cm³/mol. The molecule has 0 unspecified atom stereocenters. The smallest absolute Gasteiger partial charge is 0.278 e. The van der Waals surface area contributed by atoms with E-state index in [0.29, 0.717) is 43.4 Å². The van der Waals surface area contributed by atoms with Gasteiger partial charge in [0, 0.05) is 18.5 Å². The molecule has 1 fully saturated rings. The molecule has 144 valence electrons. The maximum atomic E-state index is 12.9. The summed E-state index contributed by atoms with van der Waals surface area (Å²) in [6.07, 6.45) is 1.38. The Morgan fingerprint density at radius 3 is 2.61 bits per heavy atom. The number of likely N-dealkylation sites (tertiary alicyclic amines) is 1. The average molecular weight is 381 g/mol. The highest BCUT2D eigenvalue weighted by atomic mass is 19.1. The zero-order chi connectivity index (χ0) is 19.5. The van der Waals surface area contributed by atoms with E-state index in [9.17, 15) is 14.0 Å². The molecule has 2 aromatic carbocycles. The summed E-state index contributed by atoms with van der Waals surface area (Å²) >= 11 is 0. The van der Waals surface area contributed by atoms with Gasteiger partial charge in [-0.25, -0.2) is 4.39 Å². The fourth-order valence-electron chi connectivity index (χ4n) is 3.39. The van der Waals surface area contributed by atoms with Crippen LogP contribution in [0.2, 0.25) is 0 Å². The van der Waals surface area contributed by atoms with Crippen molar-refractivity contribution in [3.05, 3.63) is 75.8 Å². The molecule has 1 N–H and O–H groups in total. The van der Waals surface area contributed by atoms with Crippen molar-refractivity contribution in [2.24, 2.45) is 0 Å². The van der Waals surface area contributed by atoms with Crippen molar-refractivity contribution in [3.63, 3.8) is 0 Å². The van der Waals surface area contributed by atoms with Gasteiger partial charge < -0.3 is 9.64 Å². The number of aromatic nitrogens is 2. The summed E-state index contributed by atoms with van der Waals surface area (Å²) in [7, 11) is 0. The van der Waals surface area contributed by atoms with E-state index in [4.69, 9.17) is 4.74 Å². The number of carbonyl (C=O) groups is 1. The van der Waals surface area contributed by atoms with Crippen molar-refractivity contribution in [3.8, 4) is 0 Å². The lowest BCUT2D eigenvalue weighted by Crippen LogP contribution is -2.42. The molecule has 1 aromatic heterocycles. The number of nitrogens with zero attached hydrogens (tertiary/aromatic N) is 2. The van der Waals surface area contributed by atoms with E-state index in [1.807, 2.05) is 0 Å². The molecule has 3 aromatic rings. The zero-order valence-electron chi connectivity index (χ0n) is 15.2. The minimum Gasteiger partial charge on any atom is -0.373 e. The first-order chi connectivity index (χ1) is 13.6. The summed E-state index contributed by atoms with van der Waals surface area (Å²) in [6.45, 7) is 1.41. The van der Waals surface area contributed by atoms with Crippen LogP contribution >= 0.6 is 0 Å². The lowest BCUT2D eigenvalue weighted by molar-refractivity contribution is -0.000569. The number of hydrogen-bond donors (Lipinski definition) is 1. The van der Waals surface area contributed by atoms with E-state index in [1.165, 1.54) is 12.1 Å². The summed E-state index contributed by atoms with van der Waals surface area (Å²) < 4.78 is 18.8. The Morgan fingerprint density at radius 2 is 1.86 bits per heavy atom. The molecular weight excluding hydrogens is 361 g/mol. The molecule has 1 amide bonds. The molecule has 7 heteroatoms. The molecule has 28 heavy (non-hydrogen) atoms. The van der Waals surface area contributed by atoms with Gasteiger partial charge in [-0.2, -0.15) is 5.10 Å². The second kappa shape index (κ2) is 7.90. The molecule has 1 aliphatic heterocycles. The topological polar surface area (TPSA) is 75.3 Å². The lowest BCUT2D eigenvalue weighted by atomic mass is 10.1.